The van der Waals surface area contributed by atoms with E-state index in [0.717, 1.165) is 51.8 Å². The van der Waals surface area contributed by atoms with Crippen molar-refractivity contribution in [1.29, 1.82) is 0 Å². The maximum atomic E-state index is 12.3. The van der Waals surface area contributed by atoms with Crippen molar-refractivity contribution >= 4 is 38.3 Å². The number of hydrogen-bond donors (Lipinski definition) is 0. The van der Waals surface area contributed by atoms with Crippen molar-refractivity contribution in [2.45, 2.75) is 65.6 Å². The van der Waals surface area contributed by atoms with Crippen molar-refractivity contribution in [3.8, 4) is 16.3 Å². The second-order valence-corrected chi connectivity index (χ2v) is 11.2. The molecule has 0 amide bonds. The Morgan fingerprint density at radius 3 is 2.51 bits per heavy atom. The van der Waals surface area contributed by atoms with Crippen molar-refractivity contribution in [3.05, 3.63) is 59.2 Å². The molecular formula is C30H32NNaO4S. The van der Waals surface area contributed by atoms with E-state index in [1.807, 2.05) is 31.2 Å². The van der Waals surface area contributed by atoms with Gasteiger partial charge in [-0.2, -0.15) is 0 Å². The first kappa shape index (κ1) is 28.1. The molecule has 1 aliphatic carbocycles. The molecule has 0 spiro atoms. The van der Waals surface area contributed by atoms with E-state index < -0.39 is 5.97 Å². The van der Waals surface area contributed by atoms with Crippen LogP contribution in [0.5, 0.6) is 5.75 Å². The van der Waals surface area contributed by atoms with Crippen molar-refractivity contribution < 1.29 is 48.9 Å². The molecule has 1 saturated carbocycles. The number of carbonyl (C=O) groups is 1. The SMILES string of the molecule is Cc1c(-c2cc(C(=O)[O-])c3c(OCC4CCC(OC(C)C)CC4)ccc(C)c3n2)sc2ccccc12.[Na+]. The number of hydrogen-bond acceptors (Lipinski definition) is 6. The number of pyridine rings is 1. The van der Waals surface area contributed by atoms with Gasteiger partial charge < -0.3 is 19.4 Å². The third kappa shape index (κ3) is 5.89. The summed E-state index contributed by atoms with van der Waals surface area (Å²) in [5.41, 5.74) is 3.44. The first-order chi connectivity index (χ1) is 17.3. The summed E-state index contributed by atoms with van der Waals surface area (Å²) in [6.45, 7) is 8.72. The van der Waals surface area contributed by atoms with Gasteiger partial charge in [0.1, 0.15) is 5.75 Å². The number of aromatic nitrogens is 1. The molecule has 0 N–H and O–H groups in total. The summed E-state index contributed by atoms with van der Waals surface area (Å²) in [5, 5.41) is 14.0. The number of fused-ring (bicyclic) bond motifs is 2. The Kier molecular flexibility index (Phi) is 8.97. The van der Waals surface area contributed by atoms with E-state index in [0.29, 0.717) is 41.0 Å². The fourth-order valence-corrected chi connectivity index (χ4v) is 6.46. The van der Waals surface area contributed by atoms with Crippen LogP contribution in [0.3, 0.4) is 0 Å². The molecule has 5 rings (SSSR count). The molecule has 2 aromatic heterocycles. The summed E-state index contributed by atoms with van der Waals surface area (Å²) < 4.78 is 13.4. The van der Waals surface area contributed by atoms with Crippen LogP contribution in [0.15, 0.2) is 42.5 Å². The number of carbonyl (C=O) groups excluding carboxylic acids is 1. The topological polar surface area (TPSA) is 71.5 Å². The second-order valence-electron chi connectivity index (χ2n) is 10.1. The molecule has 1 aliphatic rings. The van der Waals surface area contributed by atoms with Gasteiger partial charge in [-0.3, -0.25) is 0 Å². The van der Waals surface area contributed by atoms with Crippen LogP contribution in [0.25, 0.3) is 31.6 Å². The van der Waals surface area contributed by atoms with E-state index >= 15 is 0 Å². The number of carboxylic acids is 1. The quantitative estimate of drug-likeness (QED) is 0.346. The zero-order valence-corrected chi connectivity index (χ0v) is 25.1. The van der Waals surface area contributed by atoms with Crippen LogP contribution in [0.1, 0.15) is 61.0 Å². The summed E-state index contributed by atoms with van der Waals surface area (Å²) in [6, 6.07) is 13.7. The van der Waals surface area contributed by atoms with E-state index in [2.05, 4.69) is 32.9 Å². The second kappa shape index (κ2) is 11.8. The minimum Gasteiger partial charge on any atom is -0.545 e. The summed E-state index contributed by atoms with van der Waals surface area (Å²) in [7, 11) is 0. The van der Waals surface area contributed by atoms with Crippen molar-refractivity contribution in [2.75, 3.05) is 6.61 Å². The van der Waals surface area contributed by atoms with E-state index in [1.54, 1.807) is 17.4 Å². The third-order valence-electron chi connectivity index (χ3n) is 7.15. The van der Waals surface area contributed by atoms with Crippen LogP contribution in [0.4, 0.5) is 0 Å². The standard InChI is InChI=1S/C30H33NO4S.Na/c1-17(2)35-21-12-10-20(11-13-21)16-34-25-14-9-18(3)28-27(25)23(30(32)33)15-24(31-28)29-19(4)22-7-5-6-8-26(22)36-29;/h5-9,14-15,17,20-21H,10-13,16H2,1-4H3,(H,32,33);/q;+1/p-1. The molecule has 37 heavy (non-hydrogen) atoms. The normalized spacial score (nSPS) is 17.8. The van der Waals surface area contributed by atoms with Gasteiger partial charge in [0, 0.05) is 10.3 Å². The van der Waals surface area contributed by atoms with Gasteiger partial charge in [-0.1, -0.05) is 24.3 Å². The van der Waals surface area contributed by atoms with E-state index in [9.17, 15) is 9.90 Å². The molecule has 4 aromatic rings. The summed E-state index contributed by atoms with van der Waals surface area (Å²) in [4.78, 5) is 18.3. The van der Waals surface area contributed by atoms with Gasteiger partial charge in [-0.25, -0.2) is 4.98 Å². The van der Waals surface area contributed by atoms with Gasteiger partial charge in [-0.15, -0.1) is 11.3 Å². The Hall–Kier alpha value is -1.96. The summed E-state index contributed by atoms with van der Waals surface area (Å²) >= 11 is 1.63. The van der Waals surface area contributed by atoms with Gasteiger partial charge in [0.15, 0.2) is 0 Å². The Balaban J connectivity index is 0.00000320. The minimum absolute atomic E-state index is 0. The largest absolute Gasteiger partial charge is 1.00 e. The van der Waals surface area contributed by atoms with Gasteiger partial charge in [0.2, 0.25) is 0 Å². The third-order valence-corrected chi connectivity index (χ3v) is 8.45. The van der Waals surface area contributed by atoms with E-state index in [4.69, 9.17) is 14.5 Å². The average Bonchev–Trinajstić information content (AvgIpc) is 3.20. The number of nitrogens with zero attached hydrogens (tertiary/aromatic N) is 1. The summed E-state index contributed by atoms with van der Waals surface area (Å²) in [5.74, 6) is -0.236. The van der Waals surface area contributed by atoms with Crippen LogP contribution in [-0.4, -0.2) is 29.8 Å². The zero-order valence-electron chi connectivity index (χ0n) is 22.3. The van der Waals surface area contributed by atoms with E-state index in [-0.39, 0.29) is 41.2 Å². The van der Waals surface area contributed by atoms with Gasteiger partial charge >= 0.3 is 29.6 Å². The monoisotopic (exact) mass is 525 g/mol. The predicted octanol–water partition coefficient (Wildman–Crippen LogP) is 3.46. The maximum absolute atomic E-state index is 12.3. The van der Waals surface area contributed by atoms with Crippen LogP contribution in [0.2, 0.25) is 0 Å². The van der Waals surface area contributed by atoms with Crippen molar-refractivity contribution in [3.63, 3.8) is 0 Å². The zero-order chi connectivity index (χ0) is 25.4. The number of thiophene rings is 1. The van der Waals surface area contributed by atoms with Crippen LogP contribution in [-0.2, 0) is 4.74 Å². The number of ether oxygens (including phenoxy) is 2. The Morgan fingerprint density at radius 1 is 1.11 bits per heavy atom. The average molecular weight is 526 g/mol. The molecule has 1 fully saturated rings. The smallest absolute Gasteiger partial charge is 0.545 e. The number of rotatable bonds is 7. The van der Waals surface area contributed by atoms with Gasteiger partial charge in [-0.05, 0) is 94.0 Å². The number of carboxylic acid groups (broad SMARTS) is 1. The molecule has 0 aliphatic heterocycles. The molecule has 2 aromatic carbocycles. The molecule has 188 valence electrons. The molecular weight excluding hydrogens is 493 g/mol. The van der Waals surface area contributed by atoms with Crippen molar-refractivity contribution in [2.24, 2.45) is 5.92 Å². The molecule has 0 radical (unpaired) electrons. The number of aromatic carboxylic acids is 1. The molecule has 2 heterocycles. The van der Waals surface area contributed by atoms with Crippen LogP contribution in [0, 0.1) is 19.8 Å². The van der Waals surface area contributed by atoms with Crippen molar-refractivity contribution in [1.82, 2.24) is 4.98 Å². The van der Waals surface area contributed by atoms with Gasteiger partial charge in [0.25, 0.3) is 0 Å². The first-order valence-corrected chi connectivity index (χ1v) is 13.6. The Morgan fingerprint density at radius 2 is 1.84 bits per heavy atom. The van der Waals surface area contributed by atoms with Gasteiger partial charge in [0.05, 0.1) is 46.3 Å². The Bertz CT molecular complexity index is 1420. The molecule has 0 bridgehead atoms. The van der Waals surface area contributed by atoms with E-state index in [1.165, 1.54) is 0 Å². The fourth-order valence-electron chi connectivity index (χ4n) is 5.29. The molecule has 7 heteroatoms. The molecule has 5 nitrogen and oxygen atoms in total. The van der Waals surface area contributed by atoms with Crippen LogP contribution < -0.4 is 39.4 Å². The Labute approximate surface area is 244 Å². The molecule has 0 atom stereocenters. The number of aryl methyl sites for hydroxylation is 2. The summed E-state index contributed by atoms with van der Waals surface area (Å²) in [6.07, 6.45) is 4.73. The molecule has 0 saturated heterocycles. The fraction of sp³-hybridized carbons (Fsp3) is 0.400. The minimum atomic E-state index is -1.22. The van der Waals surface area contributed by atoms with Crippen LogP contribution >= 0.6 is 11.3 Å². The number of benzene rings is 2. The predicted molar refractivity (Wildman–Crippen MR) is 144 cm³/mol. The maximum Gasteiger partial charge on any atom is 1.00 e. The first-order valence-electron chi connectivity index (χ1n) is 12.7. The molecule has 0 unspecified atom stereocenters.